The monoisotopic (exact) mass is 408 g/mol. The zero-order valence-electron chi connectivity index (χ0n) is 18.5. The van der Waals surface area contributed by atoms with Crippen LogP contribution < -0.4 is 5.32 Å². The second-order valence-corrected chi connectivity index (χ2v) is 9.32. The number of urea groups is 1. The maximum atomic E-state index is 12.8. The molecule has 1 atom stereocenters. The molecule has 0 spiro atoms. The molecule has 0 aliphatic carbocycles. The van der Waals surface area contributed by atoms with Crippen molar-refractivity contribution in [2.24, 2.45) is 5.92 Å². The van der Waals surface area contributed by atoms with Crippen LogP contribution in [0.15, 0.2) is 36.5 Å². The Hall–Kier alpha value is -2.14. The van der Waals surface area contributed by atoms with Gasteiger partial charge in [0.05, 0.1) is 5.52 Å². The number of amides is 2. The number of piperidine rings is 1. The number of para-hydroxylation sites is 1. The Kier molecular flexibility index (Phi) is 6.88. The topological polar surface area (TPSA) is 48.5 Å². The highest BCUT2D eigenvalue weighted by atomic mass is 16.2. The van der Waals surface area contributed by atoms with Crippen molar-refractivity contribution in [1.29, 1.82) is 0 Å². The number of carbonyl (C=O) groups excluding carboxylic acids is 1. The summed E-state index contributed by atoms with van der Waals surface area (Å²) in [6.07, 6.45) is 9.02. The number of aromatic nitrogens is 1. The summed E-state index contributed by atoms with van der Waals surface area (Å²) in [7, 11) is 0. The second-order valence-electron chi connectivity index (χ2n) is 9.32. The van der Waals surface area contributed by atoms with Crippen LogP contribution in [0, 0.1) is 5.92 Å². The van der Waals surface area contributed by atoms with Crippen LogP contribution in [-0.2, 0) is 6.54 Å². The molecule has 3 heterocycles. The van der Waals surface area contributed by atoms with E-state index in [2.05, 4.69) is 44.4 Å². The molecule has 5 heteroatoms. The smallest absolute Gasteiger partial charge is 0.317 e. The predicted molar refractivity (Wildman–Crippen MR) is 122 cm³/mol. The first kappa shape index (κ1) is 21.1. The van der Waals surface area contributed by atoms with Crippen molar-refractivity contribution in [2.75, 3.05) is 19.6 Å². The highest BCUT2D eigenvalue weighted by Crippen LogP contribution is 2.31. The van der Waals surface area contributed by atoms with Gasteiger partial charge in [0, 0.05) is 36.8 Å². The lowest BCUT2D eigenvalue weighted by Gasteiger charge is -2.41. The quantitative estimate of drug-likeness (QED) is 0.790. The average Bonchev–Trinajstić information content (AvgIpc) is 3.00. The Labute approximate surface area is 180 Å². The molecule has 30 heavy (non-hydrogen) atoms. The first-order chi connectivity index (χ1) is 14.6. The Morgan fingerprint density at radius 2 is 1.87 bits per heavy atom. The van der Waals surface area contributed by atoms with Gasteiger partial charge in [-0.3, -0.25) is 9.88 Å². The molecule has 0 saturated carbocycles. The van der Waals surface area contributed by atoms with Crippen molar-refractivity contribution < 1.29 is 4.79 Å². The third kappa shape index (κ3) is 4.94. The summed E-state index contributed by atoms with van der Waals surface area (Å²) < 4.78 is 0. The summed E-state index contributed by atoms with van der Waals surface area (Å²) in [5.41, 5.74) is 2.45. The van der Waals surface area contributed by atoms with Gasteiger partial charge in [-0.1, -0.05) is 37.1 Å². The standard InChI is InChI=1S/C25H36N4O/c1-19(2)27-25(30)29-15-5-3-4-11-23(29)20-12-16-28(17-13-20)18-22-9-6-8-21-10-7-14-26-24(21)22/h6-10,14,19-20,23H,3-5,11-13,15-18H2,1-2H3,(H,27,30)/t23-/m0/s1. The van der Waals surface area contributed by atoms with E-state index in [-0.39, 0.29) is 12.1 Å². The molecule has 1 aromatic carbocycles. The lowest BCUT2D eigenvalue weighted by atomic mass is 9.86. The van der Waals surface area contributed by atoms with E-state index >= 15 is 0 Å². The van der Waals surface area contributed by atoms with Gasteiger partial charge < -0.3 is 10.2 Å². The number of benzene rings is 1. The van der Waals surface area contributed by atoms with Crippen LogP contribution in [0.5, 0.6) is 0 Å². The van der Waals surface area contributed by atoms with Crippen LogP contribution in [0.25, 0.3) is 10.9 Å². The summed E-state index contributed by atoms with van der Waals surface area (Å²) in [6.45, 7) is 8.17. The van der Waals surface area contributed by atoms with Gasteiger partial charge in [-0.25, -0.2) is 4.79 Å². The Morgan fingerprint density at radius 3 is 2.67 bits per heavy atom. The van der Waals surface area contributed by atoms with Crippen molar-refractivity contribution in [3.8, 4) is 0 Å². The molecule has 0 unspecified atom stereocenters. The molecule has 2 saturated heterocycles. The third-order valence-corrected chi connectivity index (χ3v) is 6.76. The number of carbonyl (C=O) groups is 1. The summed E-state index contributed by atoms with van der Waals surface area (Å²) in [5, 5.41) is 4.36. The first-order valence-corrected chi connectivity index (χ1v) is 11.7. The summed E-state index contributed by atoms with van der Waals surface area (Å²) in [6, 6.07) is 11.4. The maximum absolute atomic E-state index is 12.8. The van der Waals surface area contributed by atoms with Crippen LogP contribution in [0.2, 0.25) is 0 Å². The fourth-order valence-electron chi connectivity index (χ4n) is 5.24. The van der Waals surface area contributed by atoms with E-state index in [1.165, 1.54) is 36.6 Å². The lowest BCUT2D eigenvalue weighted by Crippen LogP contribution is -2.52. The number of likely N-dealkylation sites (tertiary alicyclic amines) is 2. The SMILES string of the molecule is CC(C)NC(=O)N1CCCCC[C@H]1C1CCN(Cc2cccc3cccnc23)CC1. The van der Waals surface area contributed by atoms with Gasteiger partial charge in [0.25, 0.3) is 0 Å². The minimum Gasteiger partial charge on any atom is -0.336 e. The first-order valence-electron chi connectivity index (χ1n) is 11.7. The highest BCUT2D eigenvalue weighted by molar-refractivity contribution is 5.81. The summed E-state index contributed by atoms with van der Waals surface area (Å²) in [5.74, 6) is 0.614. The van der Waals surface area contributed by atoms with Crippen LogP contribution in [0.1, 0.15) is 57.9 Å². The molecular weight excluding hydrogens is 372 g/mol. The number of hydrogen-bond donors (Lipinski definition) is 1. The fraction of sp³-hybridized carbons (Fsp3) is 0.600. The number of hydrogen-bond acceptors (Lipinski definition) is 3. The summed E-state index contributed by atoms with van der Waals surface area (Å²) in [4.78, 5) is 22.2. The van der Waals surface area contributed by atoms with Crippen molar-refractivity contribution in [3.05, 3.63) is 42.1 Å². The van der Waals surface area contributed by atoms with Crippen molar-refractivity contribution in [2.45, 2.75) is 71.0 Å². The van der Waals surface area contributed by atoms with Crippen LogP contribution in [-0.4, -0.2) is 52.5 Å². The molecule has 4 rings (SSSR count). The molecular formula is C25H36N4O. The van der Waals surface area contributed by atoms with Crippen LogP contribution in [0.4, 0.5) is 4.79 Å². The molecule has 162 valence electrons. The van der Waals surface area contributed by atoms with Gasteiger partial charge in [-0.15, -0.1) is 0 Å². The molecule has 2 fully saturated rings. The lowest BCUT2D eigenvalue weighted by molar-refractivity contribution is 0.0976. The van der Waals surface area contributed by atoms with E-state index in [1.807, 2.05) is 26.1 Å². The molecule has 1 aromatic heterocycles. The number of nitrogens with one attached hydrogen (secondary N) is 1. The predicted octanol–water partition coefficient (Wildman–Crippen LogP) is 4.81. The largest absolute Gasteiger partial charge is 0.336 e. The van der Waals surface area contributed by atoms with Crippen molar-refractivity contribution in [3.63, 3.8) is 0 Å². The molecule has 1 N–H and O–H groups in total. The molecule has 0 bridgehead atoms. The average molecular weight is 409 g/mol. The normalized spacial score (nSPS) is 21.7. The molecule has 0 radical (unpaired) electrons. The Balaban J connectivity index is 1.39. The third-order valence-electron chi connectivity index (χ3n) is 6.76. The minimum atomic E-state index is 0.140. The molecule has 2 amide bonds. The van der Waals surface area contributed by atoms with Gasteiger partial charge in [0.2, 0.25) is 0 Å². The maximum Gasteiger partial charge on any atom is 0.317 e. The van der Waals surface area contributed by atoms with Crippen molar-refractivity contribution in [1.82, 2.24) is 20.1 Å². The van der Waals surface area contributed by atoms with E-state index in [1.54, 1.807) is 0 Å². The van der Waals surface area contributed by atoms with Gasteiger partial charge in [-0.2, -0.15) is 0 Å². The number of nitrogens with zero attached hydrogens (tertiary/aromatic N) is 3. The Morgan fingerprint density at radius 1 is 1.07 bits per heavy atom. The highest BCUT2D eigenvalue weighted by Gasteiger charge is 2.34. The number of rotatable bonds is 4. The zero-order chi connectivity index (χ0) is 20.9. The number of fused-ring (bicyclic) bond motifs is 1. The van der Waals surface area contributed by atoms with E-state index in [9.17, 15) is 4.79 Å². The molecule has 2 aliphatic rings. The van der Waals surface area contributed by atoms with Gasteiger partial charge >= 0.3 is 6.03 Å². The molecule has 2 aromatic rings. The second kappa shape index (κ2) is 9.78. The minimum absolute atomic E-state index is 0.140. The van der Waals surface area contributed by atoms with Crippen LogP contribution >= 0.6 is 0 Å². The number of pyridine rings is 1. The van der Waals surface area contributed by atoms with E-state index in [0.717, 1.165) is 44.5 Å². The van der Waals surface area contributed by atoms with E-state index < -0.39 is 0 Å². The van der Waals surface area contributed by atoms with Gasteiger partial charge in [0.1, 0.15) is 0 Å². The van der Waals surface area contributed by atoms with E-state index in [0.29, 0.717) is 12.0 Å². The van der Waals surface area contributed by atoms with Crippen molar-refractivity contribution >= 4 is 16.9 Å². The Bertz CT molecular complexity index is 839. The van der Waals surface area contributed by atoms with Gasteiger partial charge in [0.15, 0.2) is 0 Å². The summed E-state index contributed by atoms with van der Waals surface area (Å²) >= 11 is 0. The fourth-order valence-corrected chi connectivity index (χ4v) is 5.24. The van der Waals surface area contributed by atoms with Gasteiger partial charge in [-0.05, 0) is 70.2 Å². The van der Waals surface area contributed by atoms with Crippen LogP contribution in [0.3, 0.4) is 0 Å². The molecule has 5 nitrogen and oxygen atoms in total. The zero-order valence-corrected chi connectivity index (χ0v) is 18.5. The van der Waals surface area contributed by atoms with E-state index in [4.69, 9.17) is 0 Å². The molecule has 2 aliphatic heterocycles.